The topological polar surface area (TPSA) is 96.4 Å². The molecule has 128 valence electrons. The number of nitrogens with zero attached hydrogens (tertiary/aromatic N) is 1. The summed E-state index contributed by atoms with van der Waals surface area (Å²) in [4.78, 5) is 15.8. The van der Waals surface area contributed by atoms with Crippen LogP contribution in [0.3, 0.4) is 0 Å². The molecule has 6 nitrogen and oxygen atoms in total. The smallest absolute Gasteiger partial charge is 0.348 e. The Kier molecular flexibility index (Phi) is 4.76. The van der Waals surface area contributed by atoms with Crippen molar-refractivity contribution in [1.29, 1.82) is 0 Å². The average molecular weight is 395 g/mol. The van der Waals surface area contributed by atoms with Crippen molar-refractivity contribution >= 4 is 44.6 Å². The number of aromatic nitrogens is 1. The van der Waals surface area contributed by atoms with Gasteiger partial charge in [-0.25, -0.2) is 9.78 Å². The molecule has 0 fully saturated rings. The third-order valence-electron chi connectivity index (χ3n) is 3.21. The number of carboxylic acid groups (broad SMARTS) is 1. The first-order valence-corrected chi connectivity index (χ1v) is 9.61. The molecular weight excluding hydrogens is 384 g/mol. The Balaban J connectivity index is 2.01. The van der Waals surface area contributed by atoms with Gasteiger partial charge in [-0.15, -0.1) is 11.3 Å². The zero-order valence-corrected chi connectivity index (χ0v) is 14.9. The maximum atomic E-state index is 12.4. The van der Waals surface area contributed by atoms with E-state index in [1.165, 1.54) is 24.4 Å². The third-order valence-corrected chi connectivity index (χ3v) is 5.92. The predicted molar refractivity (Wildman–Crippen MR) is 96.8 cm³/mol. The Labute approximate surface area is 152 Å². The molecule has 2 heterocycles. The molecule has 25 heavy (non-hydrogen) atoms. The predicted octanol–water partition coefficient (Wildman–Crippen LogP) is 3.96. The molecule has 0 spiro atoms. The summed E-state index contributed by atoms with van der Waals surface area (Å²) in [5, 5.41) is 9.74. The van der Waals surface area contributed by atoms with Gasteiger partial charge in [0, 0.05) is 16.1 Å². The van der Waals surface area contributed by atoms with E-state index in [1.54, 1.807) is 30.3 Å². The minimum atomic E-state index is -3.98. The van der Waals surface area contributed by atoms with E-state index in [0.717, 1.165) is 16.9 Å². The van der Waals surface area contributed by atoms with Crippen LogP contribution < -0.4 is 4.72 Å². The van der Waals surface area contributed by atoms with Crippen LogP contribution in [0.1, 0.15) is 9.67 Å². The Morgan fingerprint density at radius 2 is 1.88 bits per heavy atom. The number of thiophene rings is 1. The van der Waals surface area contributed by atoms with Crippen LogP contribution in [0.15, 0.2) is 59.8 Å². The molecule has 0 saturated heterocycles. The van der Waals surface area contributed by atoms with Crippen molar-refractivity contribution in [3.63, 3.8) is 0 Å². The SMILES string of the molecule is O=C(O)c1sc(-c2ccc(Cl)cc2)cc1NS(=O)(=O)c1ccccn1. The fraction of sp³-hybridized carbons (Fsp3) is 0. The number of pyridine rings is 1. The molecule has 3 rings (SSSR count). The van der Waals surface area contributed by atoms with Gasteiger partial charge in [-0.2, -0.15) is 8.42 Å². The normalized spacial score (nSPS) is 11.2. The quantitative estimate of drug-likeness (QED) is 0.682. The number of aromatic carboxylic acids is 1. The van der Waals surface area contributed by atoms with Crippen molar-refractivity contribution in [2.45, 2.75) is 5.03 Å². The first kappa shape index (κ1) is 17.4. The molecule has 0 unspecified atom stereocenters. The lowest BCUT2D eigenvalue weighted by Crippen LogP contribution is -2.15. The van der Waals surface area contributed by atoms with Crippen LogP contribution in [0.2, 0.25) is 5.02 Å². The van der Waals surface area contributed by atoms with Crippen LogP contribution in [-0.2, 0) is 10.0 Å². The molecule has 0 aliphatic heterocycles. The van der Waals surface area contributed by atoms with E-state index in [-0.39, 0.29) is 15.6 Å². The summed E-state index contributed by atoms with van der Waals surface area (Å²) in [5.74, 6) is -1.22. The summed E-state index contributed by atoms with van der Waals surface area (Å²) in [6, 6.07) is 12.8. The van der Waals surface area contributed by atoms with Crippen molar-refractivity contribution in [2.75, 3.05) is 4.72 Å². The number of carbonyl (C=O) groups is 1. The Morgan fingerprint density at radius 3 is 2.48 bits per heavy atom. The van der Waals surface area contributed by atoms with Gasteiger partial charge in [-0.3, -0.25) is 4.72 Å². The number of halogens is 1. The maximum Gasteiger partial charge on any atom is 0.348 e. The summed E-state index contributed by atoms with van der Waals surface area (Å²) in [6.45, 7) is 0. The first-order valence-electron chi connectivity index (χ1n) is 6.94. The van der Waals surface area contributed by atoms with E-state index in [9.17, 15) is 18.3 Å². The highest BCUT2D eigenvalue weighted by molar-refractivity contribution is 7.92. The summed E-state index contributed by atoms with van der Waals surface area (Å²) < 4.78 is 27.1. The molecule has 0 bridgehead atoms. The molecule has 0 aliphatic rings. The number of anilines is 1. The van der Waals surface area contributed by atoms with Gasteiger partial charge in [-0.1, -0.05) is 29.8 Å². The molecule has 0 saturated carbocycles. The minimum absolute atomic E-state index is 0.00639. The van der Waals surface area contributed by atoms with Gasteiger partial charge in [0.25, 0.3) is 10.0 Å². The Hall–Kier alpha value is -2.42. The fourth-order valence-corrected chi connectivity index (χ4v) is 4.25. The van der Waals surface area contributed by atoms with E-state index in [2.05, 4.69) is 9.71 Å². The van der Waals surface area contributed by atoms with Gasteiger partial charge in [0.15, 0.2) is 5.03 Å². The lowest BCUT2D eigenvalue weighted by molar-refractivity contribution is 0.0703. The molecular formula is C16H11ClN2O4S2. The molecule has 0 atom stereocenters. The summed E-state index contributed by atoms with van der Waals surface area (Å²) in [6.07, 6.45) is 1.35. The maximum absolute atomic E-state index is 12.4. The van der Waals surface area contributed by atoms with E-state index in [4.69, 9.17) is 11.6 Å². The van der Waals surface area contributed by atoms with E-state index in [0.29, 0.717) is 9.90 Å². The molecule has 0 amide bonds. The monoisotopic (exact) mass is 394 g/mol. The second-order valence-corrected chi connectivity index (χ2v) is 8.06. The van der Waals surface area contributed by atoms with Crippen LogP contribution in [0.5, 0.6) is 0 Å². The van der Waals surface area contributed by atoms with Crippen molar-refractivity contribution in [2.24, 2.45) is 0 Å². The summed E-state index contributed by atoms with van der Waals surface area (Å²) >= 11 is 6.82. The van der Waals surface area contributed by atoms with Gasteiger partial charge >= 0.3 is 5.97 Å². The van der Waals surface area contributed by atoms with E-state index < -0.39 is 16.0 Å². The highest BCUT2D eigenvalue weighted by Gasteiger charge is 2.22. The van der Waals surface area contributed by atoms with Crippen LogP contribution in [0, 0.1) is 0 Å². The van der Waals surface area contributed by atoms with Crippen LogP contribution >= 0.6 is 22.9 Å². The molecule has 2 aromatic heterocycles. The molecule has 0 aliphatic carbocycles. The summed E-state index contributed by atoms with van der Waals surface area (Å²) in [5.41, 5.74) is 0.730. The molecule has 3 aromatic rings. The van der Waals surface area contributed by atoms with Gasteiger partial charge in [-0.05, 0) is 35.9 Å². The molecule has 1 aromatic carbocycles. The minimum Gasteiger partial charge on any atom is -0.477 e. The number of rotatable bonds is 5. The van der Waals surface area contributed by atoms with E-state index >= 15 is 0 Å². The lowest BCUT2D eigenvalue weighted by atomic mass is 10.2. The number of carboxylic acids is 1. The lowest BCUT2D eigenvalue weighted by Gasteiger charge is -2.06. The van der Waals surface area contributed by atoms with Gasteiger partial charge < -0.3 is 5.11 Å². The van der Waals surface area contributed by atoms with E-state index in [1.807, 2.05) is 0 Å². The third kappa shape index (κ3) is 3.81. The Morgan fingerprint density at radius 1 is 1.16 bits per heavy atom. The number of nitrogens with one attached hydrogen (secondary N) is 1. The van der Waals surface area contributed by atoms with Gasteiger partial charge in [0.1, 0.15) is 4.88 Å². The number of hydrogen-bond donors (Lipinski definition) is 2. The highest BCUT2D eigenvalue weighted by Crippen LogP contribution is 2.36. The number of benzene rings is 1. The van der Waals surface area contributed by atoms with Gasteiger partial charge in [0.2, 0.25) is 0 Å². The average Bonchev–Trinajstić information content (AvgIpc) is 2.99. The fourth-order valence-electron chi connectivity index (χ4n) is 2.09. The zero-order valence-electron chi connectivity index (χ0n) is 12.5. The standard InChI is InChI=1S/C16H11ClN2O4S2/c17-11-6-4-10(5-7-11)13-9-12(15(24-13)16(20)21)19-25(22,23)14-3-1-2-8-18-14/h1-9,19H,(H,20,21). The van der Waals surface area contributed by atoms with Crippen molar-refractivity contribution in [3.8, 4) is 10.4 Å². The molecule has 9 heteroatoms. The zero-order chi connectivity index (χ0) is 18.0. The first-order chi connectivity index (χ1) is 11.9. The van der Waals surface area contributed by atoms with Crippen molar-refractivity contribution in [1.82, 2.24) is 4.98 Å². The molecule has 2 N–H and O–H groups in total. The Bertz CT molecular complexity index is 1020. The van der Waals surface area contributed by atoms with Crippen LogP contribution in [0.25, 0.3) is 10.4 Å². The second-order valence-electron chi connectivity index (χ2n) is 4.94. The largest absolute Gasteiger partial charge is 0.477 e. The highest BCUT2D eigenvalue weighted by atomic mass is 35.5. The molecule has 0 radical (unpaired) electrons. The van der Waals surface area contributed by atoms with Gasteiger partial charge in [0.05, 0.1) is 5.69 Å². The second kappa shape index (κ2) is 6.83. The van der Waals surface area contributed by atoms with Crippen LogP contribution in [0.4, 0.5) is 5.69 Å². The van der Waals surface area contributed by atoms with Crippen molar-refractivity contribution < 1.29 is 18.3 Å². The van der Waals surface area contributed by atoms with Crippen molar-refractivity contribution in [3.05, 3.63) is 64.6 Å². The number of hydrogen-bond acceptors (Lipinski definition) is 5. The number of sulfonamides is 1. The summed E-state index contributed by atoms with van der Waals surface area (Å²) in [7, 11) is -3.98. The van der Waals surface area contributed by atoms with Crippen LogP contribution in [-0.4, -0.2) is 24.5 Å².